The molecule has 0 radical (unpaired) electrons. The van der Waals surface area contributed by atoms with E-state index in [9.17, 15) is 26.3 Å². The van der Waals surface area contributed by atoms with Crippen molar-refractivity contribution in [2.45, 2.75) is 18.3 Å². The van der Waals surface area contributed by atoms with Crippen molar-refractivity contribution in [3.8, 4) is 0 Å². The maximum Gasteiger partial charge on any atom is 0.456 e. The first-order chi connectivity index (χ1) is 4.73. The molecule has 11 heavy (non-hydrogen) atoms. The van der Waals surface area contributed by atoms with Gasteiger partial charge in [0.15, 0.2) is 6.17 Å². The maximum absolute atomic E-state index is 11.7. The minimum absolute atomic E-state index is 1.85. The van der Waals surface area contributed by atoms with Crippen LogP contribution in [0.25, 0.3) is 0 Å². The Hall–Kier alpha value is -0.460. The van der Waals surface area contributed by atoms with Crippen molar-refractivity contribution in [1.29, 1.82) is 0 Å². The van der Waals surface area contributed by atoms with Crippen molar-refractivity contribution < 1.29 is 31.4 Å². The summed E-state index contributed by atoms with van der Waals surface area (Å²) in [7, 11) is 0. The van der Waals surface area contributed by atoms with Gasteiger partial charge in [-0.1, -0.05) is 0 Å². The lowest BCUT2D eigenvalue weighted by Gasteiger charge is -2.21. The predicted octanol–water partition coefficient (Wildman–Crippen LogP) is 1.51. The third-order valence-corrected chi connectivity index (χ3v) is 0.932. The molecule has 1 unspecified atom stereocenters. The molecule has 0 aromatic carbocycles. The van der Waals surface area contributed by atoms with Gasteiger partial charge < -0.3 is 5.11 Å². The molecule has 0 aliphatic heterocycles. The molecule has 68 valence electrons. The molecule has 0 aliphatic rings. The topological polar surface area (TPSA) is 20.2 Å². The average molecular weight is 182 g/mol. The van der Waals surface area contributed by atoms with Gasteiger partial charge in [-0.15, -0.1) is 0 Å². The molecule has 0 spiro atoms. The maximum atomic E-state index is 11.7. The van der Waals surface area contributed by atoms with E-state index in [4.69, 9.17) is 5.11 Å². The van der Waals surface area contributed by atoms with Gasteiger partial charge in [0.25, 0.3) is 0 Å². The average Bonchev–Trinajstić information content (AvgIpc) is 1.83. The van der Waals surface area contributed by atoms with E-state index in [1.54, 1.807) is 0 Å². The van der Waals surface area contributed by atoms with Crippen LogP contribution in [0.5, 0.6) is 0 Å². The van der Waals surface area contributed by atoms with E-state index in [1.165, 1.54) is 0 Å². The van der Waals surface area contributed by atoms with Crippen LogP contribution in [0.15, 0.2) is 0 Å². The van der Waals surface area contributed by atoms with Crippen LogP contribution >= 0.6 is 0 Å². The molecule has 0 heterocycles. The van der Waals surface area contributed by atoms with Crippen molar-refractivity contribution in [2.75, 3.05) is 6.61 Å². The van der Waals surface area contributed by atoms with Gasteiger partial charge in [0.2, 0.25) is 0 Å². The fourth-order valence-electron chi connectivity index (χ4n) is 0.292. The van der Waals surface area contributed by atoms with Crippen LogP contribution in [-0.4, -0.2) is 30.0 Å². The lowest BCUT2D eigenvalue weighted by molar-refractivity contribution is -0.306. The molecule has 0 aromatic heterocycles. The molecule has 0 rings (SSSR count). The molecule has 0 saturated heterocycles. The number of rotatable bonds is 2. The molecule has 0 bridgehead atoms. The fourth-order valence-corrected chi connectivity index (χ4v) is 0.292. The molecule has 0 saturated carbocycles. The highest BCUT2D eigenvalue weighted by Crippen LogP contribution is 2.39. The summed E-state index contributed by atoms with van der Waals surface area (Å²) in [5, 5.41) is 7.68. The summed E-state index contributed by atoms with van der Waals surface area (Å²) >= 11 is 0. The number of halogens is 6. The number of aliphatic hydroxyl groups excluding tert-OH is 1. The molecule has 1 nitrogen and oxygen atoms in total. The van der Waals surface area contributed by atoms with Crippen molar-refractivity contribution in [1.82, 2.24) is 0 Å². The van der Waals surface area contributed by atoms with Gasteiger partial charge in [-0.25, -0.2) is 4.39 Å². The SMILES string of the molecule is OCC(F)C(F)(F)C(F)(F)F. The molecule has 1 atom stereocenters. The second-order valence-electron chi connectivity index (χ2n) is 1.77. The molecule has 0 fully saturated rings. The largest absolute Gasteiger partial charge is 0.456 e. The number of hydrogen-bond donors (Lipinski definition) is 1. The lowest BCUT2D eigenvalue weighted by atomic mass is 10.2. The Morgan fingerprint density at radius 2 is 1.45 bits per heavy atom. The van der Waals surface area contributed by atoms with Crippen LogP contribution in [0, 0.1) is 0 Å². The first-order valence-electron chi connectivity index (χ1n) is 2.43. The summed E-state index contributed by atoms with van der Waals surface area (Å²) < 4.78 is 68.5. The van der Waals surface area contributed by atoms with E-state index in [0.717, 1.165) is 0 Å². The van der Waals surface area contributed by atoms with Crippen molar-refractivity contribution in [3.63, 3.8) is 0 Å². The minimum Gasteiger partial charge on any atom is -0.393 e. The Morgan fingerprint density at radius 3 is 1.55 bits per heavy atom. The second kappa shape index (κ2) is 2.88. The van der Waals surface area contributed by atoms with Crippen LogP contribution in [0.4, 0.5) is 26.3 Å². The van der Waals surface area contributed by atoms with Gasteiger partial charge in [-0.05, 0) is 0 Å². The van der Waals surface area contributed by atoms with Crippen LogP contribution in [0.3, 0.4) is 0 Å². The summed E-state index contributed by atoms with van der Waals surface area (Å²) in [6.45, 7) is -1.85. The van der Waals surface area contributed by atoms with Gasteiger partial charge in [-0.3, -0.25) is 0 Å². The van der Waals surface area contributed by atoms with Crippen LogP contribution in [0.2, 0.25) is 0 Å². The predicted molar refractivity (Wildman–Crippen MR) is 23.0 cm³/mol. The fraction of sp³-hybridized carbons (Fsp3) is 1.00. The quantitative estimate of drug-likeness (QED) is 0.642. The Labute approximate surface area is 57.6 Å². The van der Waals surface area contributed by atoms with E-state index in [2.05, 4.69) is 0 Å². The Kier molecular flexibility index (Phi) is 2.76. The van der Waals surface area contributed by atoms with E-state index in [-0.39, 0.29) is 0 Å². The van der Waals surface area contributed by atoms with E-state index >= 15 is 0 Å². The Balaban J connectivity index is 4.45. The van der Waals surface area contributed by atoms with Gasteiger partial charge in [0, 0.05) is 0 Å². The van der Waals surface area contributed by atoms with E-state index < -0.39 is 24.9 Å². The number of alkyl halides is 6. The molecule has 7 heteroatoms. The minimum atomic E-state index is -5.95. The first kappa shape index (κ1) is 10.5. The van der Waals surface area contributed by atoms with Crippen molar-refractivity contribution in [3.05, 3.63) is 0 Å². The van der Waals surface area contributed by atoms with Gasteiger partial charge in [0.1, 0.15) is 0 Å². The number of hydrogen-bond acceptors (Lipinski definition) is 1. The molecule has 0 aliphatic carbocycles. The number of aliphatic hydroxyl groups is 1. The van der Waals surface area contributed by atoms with E-state index in [0.29, 0.717) is 0 Å². The zero-order valence-electron chi connectivity index (χ0n) is 5.00. The van der Waals surface area contributed by atoms with Gasteiger partial charge in [-0.2, -0.15) is 22.0 Å². The molecule has 0 aromatic rings. The third kappa shape index (κ3) is 1.98. The monoisotopic (exact) mass is 182 g/mol. The summed E-state index contributed by atoms with van der Waals surface area (Å²) in [6, 6.07) is 0. The summed E-state index contributed by atoms with van der Waals surface area (Å²) in [4.78, 5) is 0. The summed E-state index contributed by atoms with van der Waals surface area (Å²) in [5.74, 6) is -5.47. The second-order valence-corrected chi connectivity index (χ2v) is 1.77. The van der Waals surface area contributed by atoms with Crippen molar-refractivity contribution in [2.24, 2.45) is 0 Å². The molecular formula is C4H4F6O. The zero-order chi connectivity index (χ0) is 9.28. The molecule has 0 amide bonds. The van der Waals surface area contributed by atoms with Crippen molar-refractivity contribution >= 4 is 0 Å². The smallest absolute Gasteiger partial charge is 0.393 e. The van der Waals surface area contributed by atoms with Crippen LogP contribution in [0.1, 0.15) is 0 Å². The zero-order valence-corrected chi connectivity index (χ0v) is 5.00. The normalized spacial score (nSPS) is 16.6. The highest BCUT2D eigenvalue weighted by Gasteiger charge is 2.63. The summed E-state index contributed by atoms with van der Waals surface area (Å²) in [5.41, 5.74) is 0. The van der Waals surface area contributed by atoms with Crippen LogP contribution < -0.4 is 0 Å². The molecule has 1 N–H and O–H groups in total. The van der Waals surface area contributed by atoms with E-state index in [1.807, 2.05) is 0 Å². The third-order valence-electron chi connectivity index (χ3n) is 0.932. The lowest BCUT2D eigenvalue weighted by Crippen LogP contribution is -2.46. The molecular weight excluding hydrogens is 178 g/mol. The van der Waals surface area contributed by atoms with Crippen LogP contribution in [-0.2, 0) is 0 Å². The standard InChI is InChI=1S/C4H4F6O/c5-2(1-11)3(6,7)4(8,9)10/h2,11H,1H2. The summed E-state index contributed by atoms with van der Waals surface area (Å²) in [6.07, 6.45) is -9.54. The van der Waals surface area contributed by atoms with Gasteiger partial charge >= 0.3 is 12.1 Å². The highest BCUT2D eigenvalue weighted by molar-refractivity contribution is 4.83. The Morgan fingerprint density at radius 1 is 1.09 bits per heavy atom. The Bertz CT molecular complexity index is 129. The first-order valence-corrected chi connectivity index (χ1v) is 2.43. The van der Waals surface area contributed by atoms with Gasteiger partial charge in [0.05, 0.1) is 6.61 Å². The highest BCUT2D eigenvalue weighted by atomic mass is 19.4.